The van der Waals surface area contributed by atoms with Gasteiger partial charge in [0.15, 0.2) is 0 Å². The number of rotatable bonds is 4. The second kappa shape index (κ2) is 7.54. The molecule has 1 N–H and O–H groups in total. The summed E-state index contributed by atoms with van der Waals surface area (Å²) in [5, 5.41) is 3.51. The Bertz CT molecular complexity index is 411. The fourth-order valence-corrected chi connectivity index (χ4v) is 3.00. The molecule has 1 fully saturated rings. The highest BCUT2D eigenvalue weighted by Crippen LogP contribution is 2.25. The van der Waals surface area contributed by atoms with Crippen LogP contribution in [0.4, 0.5) is 0 Å². The highest BCUT2D eigenvalue weighted by Gasteiger charge is 2.13. The van der Waals surface area contributed by atoms with Gasteiger partial charge in [0.25, 0.3) is 5.91 Å². The number of carbonyl (C=O) groups excluding carboxylic acids is 1. The molecule has 2 nitrogen and oxygen atoms in total. The highest BCUT2D eigenvalue weighted by atomic mass is 35.5. The molecule has 0 heterocycles. The Hall–Kier alpha value is -1.02. The summed E-state index contributed by atoms with van der Waals surface area (Å²) in [6.07, 6.45) is 9.19. The average Bonchev–Trinajstić information content (AvgIpc) is 2.68. The molecule has 19 heavy (non-hydrogen) atoms. The van der Waals surface area contributed by atoms with E-state index in [0.717, 1.165) is 18.9 Å². The van der Waals surface area contributed by atoms with E-state index in [1.54, 1.807) is 12.1 Å². The molecule has 0 radical (unpaired) electrons. The minimum Gasteiger partial charge on any atom is -0.352 e. The Balaban J connectivity index is 1.76. The van der Waals surface area contributed by atoms with Crippen LogP contribution < -0.4 is 5.32 Å². The van der Waals surface area contributed by atoms with Crippen LogP contribution >= 0.6 is 11.6 Å². The van der Waals surface area contributed by atoms with E-state index in [-0.39, 0.29) is 5.91 Å². The first-order valence-corrected chi connectivity index (χ1v) is 7.68. The first-order chi connectivity index (χ1) is 9.27. The zero-order chi connectivity index (χ0) is 13.5. The molecule has 0 aliphatic heterocycles. The average molecular weight is 280 g/mol. The first kappa shape index (κ1) is 14.4. The van der Waals surface area contributed by atoms with Crippen LogP contribution in [0.25, 0.3) is 0 Å². The van der Waals surface area contributed by atoms with Crippen molar-refractivity contribution >= 4 is 17.5 Å². The third-order valence-corrected chi connectivity index (χ3v) is 4.26. The molecule has 0 bridgehead atoms. The fraction of sp³-hybridized carbons (Fsp3) is 0.562. The van der Waals surface area contributed by atoms with Gasteiger partial charge >= 0.3 is 0 Å². The maximum atomic E-state index is 12.0. The standard InChI is InChI=1S/C16H22ClNO/c17-15-10-6-5-9-14(15)16(19)18-12-11-13-7-3-1-2-4-8-13/h5-6,9-10,13H,1-4,7-8,11-12H2,(H,18,19). The summed E-state index contributed by atoms with van der Waals surface area (Å²) >= 11 is 6.01. The van der Waals surface area contributed by atoms with E-state index in [9.17, 15) is 4.79 Å². The van der Waals surface area contributed by atoms with E-state index in [1.165, 1.54) is 38.5 Å². The molecular weight excluding hydrogens is 258 g/mol. The number of nitrogens with one attached hydrogen (secondary N) is 1. The molecule has 1 saturated carbocycles. The number of benzene rings is 1. The molecule has 2 rings (SSSR count). The van der Waals surface area contributed by atoms with Gasteiger partial charge in [-0.25, -0.2) is 0 Å². The van der Waals surface area contributed by atoms with Gasteiger partial charge in [0, 0.05) is 6.54 Å². The molecular formula is C16H22ClNO. The van der Waals surface area contributed by atoms with E-state index in [4.69, 9.17) is 11.6 Å². The Kier molecular flexibility index (Phi) is 5.71. The molecule has 3 heteroatoms. The summed E-state index contributed by atoms with van der Waals surface area (Å²) in [5.41, 5.74) is 0.574. The lowest BCUT2D eigenvalue weighted by Crippen LogP contribution is -2.26. The van der Waals surface area contributed by atoms with E-state index >= 15 is 0 Å². The Morgan fingerprint density at radius 3 is 2.53 bits per heavy atom. The van der Waals surface area contributed by atoms with Gasteiger partial charge in [-0.3, -0.25) is 4.79 Å². The largest absolute Gasteiger partial charge is 0.352 e. The summed E-state index contributed by atoms with van der Waals surface area (Å²) in [6.45, 7) is 0.759. The van der Waals surface area contributed by atoms with Crippen molar-refractivity contribution in [2.24, 2.45) is 5.92 Å². The van der Waals surface area contributed by atoms with Gasteiger partial charge in [0.1, 0.15) is 0 Å². The van der Waals surface area contributed by atoms with Gasteiger partial charge < -0.3 is 5.32 Å². The van der Waals surface area contributed by atoms with Gasteiger partial charge in [-0.2, -0.15) is 0 Å². The Morgan fingerprint density at radius 1 is 1.16 bits per heavy atom. The van der Waals surface area contributed by atoms with E-state index < -0.39 is 0 Å². The van der Waals surface area contributed by atoms with Crippen molar-refractivity contribution in [3.05, 3.63) is 34.9 Å². The topological polar surface area (TPSA) is 29.1 Å². The monoisotopic (exact) mass is 279 g/mol. The van der Waals surface area contributed by atoms with Crippen LogP contribution in [0.1, 0.15) is 55.3 Å². The zero-order valence-corrected chi connectivity index (χ0v) is 12.1. The molecule has 1 aromatic carbocycles. The molecule has 104 valence electrons. The van der Waals surface area contributed by atoms with Crippen molar-refractivity contribution in [3.8, 4) is 0 Å². The van der Waals surface area contributed by atoms with Crippen LogP contribution in [-0.2, 0) is 0 Å². The third kappa shape index (κ3) is 4.54. The number of hydrogen-bond donors (Lipinski definition) is 1. The van der Waals surface area contributed by atoms with Crippen molar-refractivity contribution in [2.45, 2.75) is 44.9 Å². The maximum absolute atomic E-state index is 12.0. The molecule has 0 atom stereocenters. The summed E-state index contributed by atoms with van der Waals surface area (Å²) in [5.74, 6) is 0.730. The van der Waals surface area contributed by atoms with Crippen LogP contribution in [0.3, 0.4) is 0 Å². The van der Waals surface area contributed by atoms with Gasteiger partial charge in [-0.15, -0.1) is 0 Å². The predicted octanol–water partition coefficient (Wildman–Crippen LogP) is 4.43. The quantitative estimate of drug-likeness (QED) is 0.812. The Morgan fingerprint density at radius 2 is 1.84 bits per heavy atom. The fourth-order valence-electron chi connectivity index (χ4n) is 2.78. The zero-order valence-electron chi connectivity index (χ0n) is 11.3. The minimum atomic E-state index is -0.0563. The summed E-state index contributed by atoms with van der Waals surface area (Å²) in [4.78, 5) is 12.0. The Labute approximate surface area is 120 Å². The first-order valence-electron chi connectivity index (χ1n) is 7.30. The van der Waals surface area contributed by atoms with Crippen LogP contribution in [0.15, 0.2) is 24.3 Å². The number of carbonyl (C=O) groups is 1. The van der Waals surface area contributed by atoms with Gasteiger partial charge in [-0.05, 0) is 24.5 Å². The van der Waals surface area contributed by atoms with Gasteiger partial charge in [0.05, 0.1) is 10.6 Å². The molecule has 1 amide bonds. The molecule has 1 aliphatic rings. The summed E-state index contributed by atoms with van der Waals surface area (Å²) < 4.78 is 0. The van der Waals surface area contributed by atoms with Crippen LogP contribution in [0, 0.1) is 5.92 Å². The van der Waals surface area contributed by atoms with Crippen molar-refractivity contribution in [3.63, 3.8) is 0 Å². The number of halogens is 1. The number of amides is 1. The van der Waals surface area contributed by atoms with Crippen molar-refractivity contribution in [2.75, 3.05) is 6.54 Å². The van der Waals surface area contributed by atoms with Crippen molar-refractivity contribution in [1.29, 1.82) is 0 Å². The second-order valence-electron chi connectivity index (χ2n) is 5.38. The molecule has 0 spiro atoms. The number of hydrogen-bond acceptors (Lipinski definition) is 1. The molecule has 1 aliphatic carbocycles. The van der Waals surface area contributed by atoms with E-state index in [0.29, 0.717) is 10.6 Å². The van der Waals surface area contributed by atoms with Crippen LogP contribution in [0.2, 0.25) is 5.02 Å². The highest BCUT2D eigenvalue weighted by molar-refractivity contribution is 6.33. The third-order valence-electron chi connectivity index (χ3n) is 3.93. The predicted molar refractivity (Wildman–Crippen MR) is 79.6 cm³/mol. The molecule has 0 unspecified atom stereocenters. The summed E-state index contributed by atoms with van der Waals surface area (Å²) in [6, 6.07) is 7.20. The van der Waals surface area contributed by atoms with Crippen molar-refractivity contribution in [1.82, 2.24) is 5.32 Å². The van der Waals surface area contributed by atoms with Crippen LogP contribution in [0.5, 0.6) is 0 Å². The molecule has 1 aromatic rings. The van der Waals surface area contributed by atoms with E-state index in [2.05, 4.69) is 5.32 Å². The summed E-state index contributed by atoms with van der Waals surface area (Å²) in [7, 11) is 0. The van der Waals surface area contributed by atoms with Crippen molar-refractivity contribution < 1.29 is 4.79 Å². The van der Waals surface area contributed by atoms with Crippen LogP contribution in [-0.4, -0.2) is 12.5 Å². The second-order valence-corrected chi connectivity index (χ2v) is 5.79. The SMILES string of the molecule is O=C(NCCC1CCCCCC1)c1ccccc1Cl. The minimum absolute atomic E-state index is 0.0563. The van der Waals surface area contributed by atoms with Gasteiger partial charge in [-0.1, -0.05) is 62.3 Å². The normalized spacial score (nSPS) is 16.9. The van der Waals surface area contributed by atoms with E-state index in [1.807, 2.05) is 12.1 Å². The lowest BCUT2D eigenvalue weighted by Gasteiger charge is -2.14. The lowest BCUT2D eigenvalue weighted by molar-refractivity contribution is 0.0951. The molecule has 0 aromatic heterocycles. The molecule has 0 saturated heterocycles. The lowest BCUT2D eigenvalue weighted by atomic mass is 9.97. The van der Waals surface area contributed by atoms with Gasteiger partial charge in [0.2, 0.25) is 0 Å². The smallest absolute Gasteiger partial charge is 0.252 e. The maximum Gasteiger partial charge on any atom is 0.252 e.